The van der Waals surface area contributed by atoms with Crippen molar-refractivity contribution in [2.24, 2.45) is 16.6 Å². The van der Waals surface area contributed by atoms with Gasteiger partial charge in [-0.25, -0.2) is 22.5 Å². The molecule has 0 aromatic heterocycles. The first-order chi connectivity index (χ1) is 15.3. The third-order valence-electron chi connectivity index (χ3n) is 6.53. The molecule has 0 saturated heterocycles. The fraction of sp³-hybridized carbons (Fsp3) is 0.391. The van der Waals surface area contributed by atoms with E-state index in [2.05, 4.69) is 10.3 Å². The number of urea groups is 1. The van der Waals surface area contributed by atoms with E-state index in [9.17, 15) is 13.2 Å². The van der Waals surface area contributed by atoms with Crippen LogP contribution in [0, 0.1) is 5.92 Å². The summed E-state index contributed by atoms with van der Waals surface area (Å²) in [7, 11) is -3.85. The highest BCUT2D eigenvalue weighted by Gasteiger charge is 2.36. The molecule has 5 rings (SSSR count). The first-order valence-electron chi connectivity index (χ1n) is 11.0. The normalized spacial score (nSPS) is 21.3. The molecule has 3 aliphatic rings. The number of carbonyl (C=O) groups excluding carboxylic acids is 1. The first kappa shape index (κ1) is 20.8. The molecule has 2 amide bonds. The standard InChI is InChI=1S/C23H27N5O3S/c1-15(16-7-8-16)25-23(29)27-12-11-18-13-19(9-10-21(18)27)32(30,31)28-14-20(26-22(28)24)17-5-3-2-4-6-17/h2-6,9-10,13,15-16,20H,7-8,11-12,14H2,1H3,(H2,24,26)(H,25,29). The number of carbonyl (C=O) groups is 1. The Kier molecular flexibility index (Phi) is 5.08. The summed E-state index contributed by atoms with van der Waals surface area (Å²) in [6.45, 7) is 2.74. The van der Waals surface area contributed by atoms with Gasteiger partial charge >= 0.3 is 6.03 Å². The van der Waals surface area contributed by atoms with Gasteiger partial charge in [-0.3, -0.25) is 4.90 Å². The SMILES string of the molecule is CC(NC(=O)N1CCc2cc(S(=O)(=O)N3CC(c4ccccc4)N=C3N)ccc21)C1CC1. The zero-order valence-corrected chi connectivity index (χ0v) is 18.8. The van der Waals surface area contributed by atoms with E-state index in [0.29, 0.717) is 18.9 Å². The minimum absolute atomic E-state index is 0.00517. The Balaban J connectivity index is 1.34. The third kappa shape index (κ3) is 3.70. The van der Waals surface area contributed by atoms with Crippen LogP contribution in [0.3, 0.4) is 0 Å². The summed E-state index contributed by atoms with van der Waals surface area (Å²) >= 11 is 0. The number of fused-ring (bicyclic) bond motifs is 1. The smallest absolute Gasteiger partial charge is 0.322 e. The number of sulfonamides is 1. The molecule has 2 aromatic carbocycles. The van der Waals surface area contributed by atoms with Gasteiger partial charge in [0.15, 0.2) is 0 Å². The number of nitrogens with one attached hydrogen (secondary N) is 1. The predicted molar refractivity (Wildman–Crippen MR) is 123 cm³/mol. The number of guanidine groups is 1. The Bertz CT molecular complexity index is 1180. The fourth-order valence-corrected chi connectivity index (χ4v) is 5.87. The number of anilines is 1. The number of nitrogens with zero attached hydrogens (tertiary/aromatic N) is 3. The van der Waals surface area contributed by atoms with Gasteiger partial charge in [0.05, 0.1) is 17.5 Å². The quantitative estimate of drug-likeness (QED) is 0.725. The summed E-state index contributed by atoms with van der Waals surface area (Å²) in [6.07, 6.45) is 2.93. The zero-order chi connectivity index (χ0) is 22.5. The van der Waals surface area contributed by atoms with Crippen molar-refractivity contribution in [3.05, 3.63) is 59.7 Å². The van der Waals surface area contributed by atoms with E-state index in [1.54, 1.807) is 23.1 Å². The van der Waals surface area contributed by atoms with Crippen molar-refractivity contribution in [1.29, 1.82) is 0 Å². The van der Waals surface area contributed by atoms with Crippen LogP contribution in [0.2, 0.25) is 0 Å². The van der Waals surface area contributed by atoms with Crippen LogP contribution in [0.25, 0.3) is 0 Å². The second-order valence-electron chi connectivity index (χ2n) is 8.72. The summed E-state index contributed by atoms with van der Waals surface area (Å²) in [4.78, 5) is 18.9. The average Bonchev–Trinajstić information content (AvgIpc) is 3.43. The van der Waals surface area contributed by atoms with Crippen LogP contribution in [0.4, 0.5) is 10.5 Å². The molecule has 2 aliphatic heterocycles. The van der Waals surface area contributed by atoms with E-state index < -0.39 is 10.0 Å². The average molecular weight is 454 g/mol. The maximum Gasteiger partial charge on any atom is 0.322 e. The molecular weight excluding hydrogens is 426 g/mol. The molecule has 2 unspecified atom stereocenters. The van der Waals surface area contributed by atoms with Crippen molar-refractivity contribution in [1.82, 2.24) is 9.62 Å². The zero-order valence-electron chi connectivity index (χ0n) is 17.9. The van der Waals surface area contributed by atoms with Crippen LogP contribution in [0.15, 0.2) is 58.4 Å². The molecular formula is C23H27N5O3S. The lowest BCUT2D eigenvalue weighted by molar-refractivity contribution is 0.242. The summed E-state index contributed by atoms with van der Waals surface area (Å²) in [5.41, 5.74) is 8.54. The Morgan fingerprint density at radius 1 is 1.19 bits per heavy atom. The number of hydrogen-bond acceptors (Lipinski definition) is 5. The second kappa shape index (κ2) is 7.81. The highest BCUT2D eigenvalue weighted by atomic mass is 32.2. The van der Waals surface area contributed by atoms with Crippen LogP contribution < -0.4 is 16.0 Å². The fourth-order valence-electron chi connectivity index (χ4n) is 4.46. The molecule has 0 radical (unpaired) electrons. The van der Waals surface area contributed by atoms with Gasteiger partial charge in [0.1, 0.15) is 0 Å². The topological polar surface area (TPSA) is 108 Å². The summed E-state index contributed by atoms with van der Waals surface area (Å²) < 4.78 is 27.8. The number of aliphatic imine (C=N–C) groups is 1. The van der Waals surface area contributed by atoms with Crippen LogP contribution in [-0.4, -0.2) is 43.8 Å². The number of hydrogen-bond donors (Lipinski definition) is 2. The minimum atomic E-state index is -3.85. The Morgan fingerprint density at radius 2 is 1.94 bits per heavy atom. The monoisotopic (exact) mass is 453 g/mol. The molecule has 9 heteroatoms. The van der Waals surface area contributed by atoms with Gasteiger partial charge in [0, 0.05) is 18.3 Å². The van der Waals surface area contributed by atoms with Crippen molar-refractivity contribution >= 4 is 27.7 Å². The van der Waals surface area contributed by atoms with Crippen molar-refractivity contribution in [3.63, 3.8) is 0 Å². The Morgan fingerprint density at radius 3 is 2.66 bits per heavy atom. The van der Waals surface area contributed by atoms with Crippen LogP contribution in [0.5, 0.6) is 0 Å². The lowest BCUT2D eigenvalue weighted by atomic mass is 10.1. The van der Waals surface area contributed by atoms with Gasteiger partial charge < -0.3 is 11.1 Å². The van der Waals surface area contributed by atoms with Gasteiger partial charge in [-0.15, -0.1) is 0 Å². The highest BCUT2D eigenvalue weighted by molar-refractivity contribution is 7.89. The largest absolute Gasteiger partial charge is 0.369 e. The maximum absolute atomic E-state index is 13.3. The predicted octanol–water partition coefficient (Wildman–Crippen LogP) is 2.62. The van der Waals surface area contributed by atoms with Gasteiger partial charge in [0.25, 0.3) is 10.0 Å². The van der Waals surface area contributed by atoms with E-state index in [-0.39, 0.29) is 35.5 Å². The van der Waals surface area contributed by atoms with Crippen LogP contribution >= 0.6 is 0 Å². The van der Waals surface area contributed by atoms with Gasteiger partial charge in [0.2, 0.25) is 5.96 Å². The number of rotatable bonds is 5. The Hall–Kier alpha value is -3.07. The lowest BCUT2D eigenvalue weighted by Crippen LogP contribution is -2.44. The van der Waals surface area contributed by atoms with E-state index in [1.807, 2.05) is 37.3 Å². The van der Waals surface area contributed by atoms with E-state index in [1.165, 1.54) is 4.31 Å². The number of nitrogens with two attached hydrogens (primary N) is 1. The Labute approximate surface area is 188 Å². The van der Waals surface area contributed by atoms with Gasteiger partial charge in [-0.05, 0) is 61.4 Å². The molecule has 168 valence electrons. The van der Waals surface area contributed by atoms with Gasteiger partial charge in [-0.1, -0.05) is 30.3 Å². The summed E-state index contributed by atoms with van der Waals surface area (Å²) in [5, 5.41) is 3.07. The molecule has 2 aromatic rings. The highest BCUT2D eigenvalue weighted by Crippen LogP contribution is 2.35. The van der Waals surface area contributed by atoms with Crippen molar-refractivity contribution in [2.75, 3.05) is 18.0 Å². The molecule has 2 heterocycles. The van der Waals surface area contributed by atoms with Crippen LogP contribution in [0.1, 0.15) is 36.9 Å². The molecule has 0 spiro atoms. The third-order valence-corrected chi connectivity index (χ3v) is 8.29. The molecule has 8 nitrogen and oxygen atoms in total. The first-order valence-corrected chi connectivity index (χ1v) is 12.4. The summed E-state index contributed by atoms with van der Waals surface area (Å²) in [5.74, 6) is 0.565. The summed E-state index contributed by atoms with van der Waals surface area (Å²) in [6, 6.07) is 14.1. The number of benzene rings is 2. The molecule has 0 bridgehead atoms. The second-order valence-corrected chi connectivity index (χ2v) is 10.6. The molecule has 32 heavy (non-hydrogen) atoms. The molecule has 1 saturated carbocycles. The minimum Gasteiger partial charge on any atom is -0.369 e. The molecule has 3 N–H and O–H groups in total. The van der Waals surface area contributed by atoms with Gasteiger partial charge in [-0.2, -0.15) is 0 Å². The van der Waals surface area contributed by atoms with Crippen molar-refractivity contribution < 1.29 is 13.2 Å². The van der Waals surface area contributed by atoms with E-state index in [4.69, 9.17) is 5.73 Å². The molecule has 1 aliphatic carbocycles. The lowest BCUT2D eigenvalue weighted by Gasteiger charge is -2.22. The van der Waals surface area contributed by atoms with E-state index >= 15 is 0 Å². The molecule has 1 fully saturated rings. The van der Waals surface area contributed by atoms with Crippen LogP contribution in [-0.2, 0) is 16.4 Å². The number of amides is 2. The molecule has 2 atom stereocenters. The van der Waals surface area contributed by atoms with Crippen molar-refractivity contribution in [3.8, 4) is 0 Å². The van der Waals surface area contributed by atoms with E-state index in [0.717, 1.165) is 29.7 Å². The van der Waals surface area contributed by atoms with Crippen molar-refractivity contribution in [2.45, 2.75) is 43.2 Å². The maximum atomic E-state index is 13.3.